The molecule has 2 aromatic rings. The number of nitrogens with zero attached hydrogens (tertiary/aromatic N) is 1. The van der Waals surface area contributed by atoms with Crippen molar-refractivity contribution < 1.29 is 14.3 Å². The third kappa shape index (κ3) is 2.57. The fraction of sp³-hybridized carbons (Fsp3) is 0. The van der Waals surface area contributed by atoms with Crippen molar-refractivity contribution in [2.24, 2.45) is 0 Å². The van der Waals surface area contributed by atoms with Crippen molar-refractivity contribution in [3.8, 4) is 5.75 Å². The van der Waals surface area contributed by atoms with Crippen LogP contribution >= 0.6 is 11.6 Å². The van der Waals surface area contributed by atoms with Gasteiger partial charge in [0.2, 0.25) is 0 Å². The smallest absolute Gasteiger partial charge is 0.260 e. The number of benzene rings is 1. The molecule has 0 atom stereocenters. The molecule has 1 aromatic carbocycles. The highest BCUT2D eigenvalue weighted by molar-refractivity contribution is 6.33. The number of carbonyl (C=O) groups excluding carboxylic acids is 1. The highest BCUT2D eigenvalue weighted by Gasteiger charge is 2.14. The minimum absolute atomic E-state index is 0.146. The molecular weight excluding hydrogens is 259 g/mol. The maximum Gasteiger partial charge on any atom is 0.260 e. The summed E-state index contributed by atoms with van der Waals surface area (Å²) in [4.78, 5) is 15.7. The number of aromatic nitrogens is 1. The van der Waals surface area contributed by atoms with Crippen LogP contribution in [0.5, 0.6) is 5.75 Å². The van der Waals surface area contributed by atoms with E-state index in [-0.39, 0.29) is 22.2 Å². The van der Waals surface area contributed by atoms with E-state index in [4.69, 9.17) is 11.6 Å². The average molecular weight is 267 g/mol. The molecular formula is C12H8ClFN2O2. The average Bonchev–Trinajstić information content (AvgIpc) is 2.35. The molecule has 0 radical (unpaired) electrons. The second-order valence-corrected chi connectivity index (χ2v) is 3.86. The molecule has 0 saturated heterocycles. The molecule has 2 rings (SSSR count). The summed E-state index contributed by atoms with van der Waals surface area (Å²) in [5.41, 5.74) is -0.184. The third-order valence-electron chi connectivity index (χ3n) is 2.19. The number of nitrogens with one attached hydrogen (secondary N) is 1. The predicted molar refractivity (Wildman–Crippen MR) is 65.3 cm³/mol. The number of rotatable bonds is 2. The van der Waals surface area contributed by atoms with Gasteiger partial charge in [-0.15, -0.1) is 0 Å². The van der Waals surface area contributed by atoms with Crippen molar-refractivity contribution in [3.63, 3.8) is 0 Å². The fourth-order valence-electron chi connectivity index (χ4n) is 1.34. The predicted octanol–water partition coefficient (Wildman–Crippen LogP) is 2.83. The molecule has 0 bridgehead atoms. The summed E-state index contributed by atoms with van der Waals surface area (Å²) in [6.07, 6.45) is 1.45. The minimum atomic E-state index is -0.687. The molecule has 1 aromatic heterocycles. The zero-order valence-electron chi connectivity index (χ0n) is 9.02. The highest BCUT2D eigenvalue weighted by Crippen LogP contribution is 2.22. The lowest BCUT2D eigenvalue weighted by Gasteiger charge is -2.07. The first-order valence-corrected chi connectivity index (χ1v) is 5.36. The molecule has 0 aliphatic rings. The fourth-order valence-corrected chi connectivity index (χ4v) is 1.51. The SMILES string of the molecule is O=C(Nc1ncccc1Cl)c1cc(F)ccc1O. The van der Waals surface area contributed by atoms with E-state index in [0.717, 1.165) is 18.2 Å². The molecule has 1 heterocycles. The maximum atomic E-state index is 13.0. The van der Waals surface area contributed by atoms with Crippen LogP contribution in [0, 0.1) is 5.82 Å². The standard InChI is InChI=1S/C12H8ClFN2O2/c13-9-2-1-5-15-11(9)16-12(18)8-6-7(14)3-4-10(8)17/h1-6,17H,(H,15,16,18). The number of pyridine rings is 1. The lowest BCUT2D eigenvalue weighted by Crippen LogP contribution is -2.13. The molecule has 92 valence electrons. The van der Waals surface area contributed by atoms with Gasteiger partial charge in [-0.1, -0.05) is 11.6 Å². The molecule has 18 heavy (non-hydrogen) atoms. The van der Waals surface area contributed by atoms with Crippen molar-refractivity contribution in [3.05, 3.63) is 52.9 Å². The monoisotopic (exact) mass is 266 g/mol. The number of phenols is 1. The van der Waals surface area contributed by atoms with Gasteiger partial charge in [0.15, 0.2) is 5.82 Å². The Kier molecular flexibility index (Phi) is 3.43. The van der Waals surface area contributed by atoms with Crippen molar-refractivity contribution in [2.45, 2.75) is 0 Å². The Balaban J connectivity index is 2.28. The molecule has 2 N–H and O–H groups in total. The number of carbonyl (C=O) groups is 1. The van der Waals surface area contributed by atoms with Gasteiger partial charge in [-0.3, -0.25) is 4.79 Å². The molecule has 0 spiro atoms. The topological polar surface area (TPSA) is 62.2 Å². The van der Waals surface area contributed by atoms with Crippen LogP contribution in [0.2, 0.25) is 5.02 Å². The van der Waals surface area contributed by atoms with E-state index in [1.807, 2.05) is 0 Å². The van der Waals surface area contributed by atoms with E-state index in [9.17, 15) is 14.3 Å². The number of amides is 1. The number of phenolic OH excluding ortho intramolecular Hbond substituents is 1. The van der Waals surface area contributed by atoms with Crippen molar-refractivity contribution in [2.75, 3.05) is 5.32 Å². The summed E-state index contributed by atoms with van der Waals surface area (Å²) >= 11 is 5.81. The second kappa shape index (κ2) is 5.01. The van der Waals surface area contributed by atoms with Gasteiger partial charge in [0.05, 0.1) is 10.6 Å². The Morgan fingerprint density at radius 2 is 2.17 bits per heavy atom. The van der Waals surface area contributed by atoms with E-state index in [1.165, 1.54) is 6.20 Å². The second-order valence-electron chi connectivity index (χ2n) is 3.45. The van der Waals surface area contributed by atoms with Crippen molar-refractivity contribution in [1.82, 2.24) is 4.98 Å². The number of aromatic hydroxyl groups is 1. The van der Waals surface area contributed by atoms with Gasteiger partial charge in [0.1, 0.15) is 11.6 Å². The highest BCUT2D eigenvalue weighted by atomic mass is 35.5. The number of hydrogen-bond donors (Lipinski definition) is 2. The molecule has 0 aliphatic heterocycles. The summed E-state index contributed by atoms with van der Waals surface area (Å²) in [6, 6.07) is 6.25. The lowest BCUT2D eigenvalue weighted by atomic mass is 10.2. The minimum Gasteiger partial charge on any atom is -0.507 e. The van der Waals surface area contributed by atoms with Crippen molar-refractivity contribution >= 4 is 23.3 Å². The van der Waals surface area contributed by atoms with Crippen molar-refractivity contribution in [1.29, 1.82) is 0 Å². The molecule has 0 aliphatic carbocycles. The quantitative estimate of drug-likeness (QED) is 0.879. The van der Waals surface area contributed by atoms with Gasteiger partial charge in [0.25, 0.3) is 5.91 Å². The summed E-state index contributed by atoms with van der Waals surface area (Å²) < 4.78 is 13.0. The largest absolute Gasteiger partial charge is 0.507 e. The molecule has 0 fully saturated rings. The molecule has 0 unspecified atom stereocenters. The van der Waals surface area contributed by atoms with Crippen LogP contribution in [0.3, 0.4) is 0 Å². The van der Waals surface area contributed by atoms with E-state index >= 15 is 0 Å². The van der Waals surface area contributed by atoms with Crippen LogP contribution in [0.15, 0.2) is 36.5 Å². The summed E-state index contributed by atoms with van der Waals surface area (Å²) in [5, 5.41) is 12.1. The molecule has 6 heteroatoms. The summed E-state index contributed by atoms with van der Waals surface area (Å²) in [6.45, 7) is 0. The van der Waals surface area contributed by atoms with Crippen LogP contribution in [0.25, 0.3) is 0 Å². The van der Waals surface area contributed by atoms with Crippen LogP contribution in [0.1, 0.15) is 10.4 Å². The lowest BCUT2D eigenvalue weighted by molar-refractivity contribution is 0.102. The Hall–Kier alpha value is -2.14. The molecule has 0 saturated carbocycles. The summed E-state index contributed by atoms with van der Waals surface area (Å²) in [5.74, 6) is -1.48. The van der Waals surface area contributed by atoms with E-state index in [0.29, 0.717) is 0 Å². The Labute approximate surface area is 107 Å². The number of hydrogen-bond acceptors (Lipinski definition) is 3. The van der Waals surface area contributed by atoms with Gasteiger partial charge < -0.3 is 10.4 Å². The van der Waals surface area contributed by atoms with Gasteiger partial charge in [-0.05, 0) is 30.3 Å². The van der Waals surface area contributed by atoms with Crippen LogP contribution in [0.4, 0.5) is 10.2 Å². The normalized spacial score (nSPS) is 10.1. The van der Waals surface area contributed by atoms with Crippen LogP contribution < -0.4 is 5.32 Å². The van der Waals surface area contributed by atoms with E-state index < -0.39 is 11.7 Å². The number of anilines is 1. The first kappa shape index (κ1) is 12.3. The summed E-state index contributed by atoms with van der Waals surface area (Å²) in [7, 11) is 0. The molecule has 4 nitrogen and oxygen atoms in total. The van der Waals surface area contributed by atoms with Crippen LogP contribution in [-0.2, 0) is 0 Å². The van der Waals surface area contributed by atoms with Gasteiger partial charge in [-0.2, -0.15) is 0 Å². The first-order valence-electron chi connectivity index (χ1n) is 4.98. The molecule has 1 amide bonds. The van der Waals surface area contributed by atoms with Gasteiger partial charge >= 0.3 is 0 Å². The Bertz CT molecular complexity index is 604. The van der Waals surface area contributed by atoms with E-state index in [2.05, 4.69) is 10.3 Å². The zero-order chi connectivity index (χ0) is 13.1. The Morgan fingerprint density at radius 1 is 1.39 bits per heavy atom. The maximum absolute atomic E-state index is 13.0. The van der Waals surface area contributed by atoms with E-state index in [1.54, 1.807) is 12.1 Å². The van der Waals surface area contributed by atoms with Gasteiger partial charge in [-0.25, -0.2) is 9.37 Å². The van der Waals surface area contributed by atoms with Gasteiger partial charge in [0, 0.05) is 6.20 Å². The third-order valence-corrected chi connectivity index (χ3v) is 2.50. The van der Waals surface area contributed by atoms with Crippen LogP contribution in [-0.4, -0.2) is 16.0 Å². The zero-order valence-corrected chi connectivity index (χ0v) is 9.78. The number of halogens is 2. The Morgan fingerprint density at radius 3 is 2.89 bits per heavy atom. The first-order chi connectivity index (χ1) is 8.58.